The average Bonchev–Trinajstić information content (AvgIpc) is 2.80. The second kappa shape index (κ2) is 18.6. The number of esters is 2. The Bertz CT molecular complexity index is 766. The third kappa shape index (κ3) is 11.8. The van der Waals surface area contributed by atoms with Gasteiger partial charge in [0, 0.05) is 0 Å². The first-order chi connectivity index (χ1) is 14.5. The summed E-state index contributed by atoms with van der Waals surface area (Å²) in [4.78, 5) is 51.0. The average molecular weight is 418 g/mol. The Labute approximate surface area is 175 Å². The van der Waals surface area contributed by atoms with Crippen molar-refractivity contribution in [3.05, 3.63) is 71.8 Å². The van der Waals surface area contributed by atoms with Crippen molar-refractivity contribution in [2.75, 3.05) is 6.61 Å². The molecule has 0 aromatic heterocycles. The molecule has 1 N–H and O–H groups in total. The zero-order chi connectivity index (χ0) is 23.4. The summed E-state index contributed by atoms with van der Waals surface area (Å²) in [7, 11) is 0. The van der Waals surface area contributed by atoms with Crippen molar-refractivity contribution in [2.45, 2.75) is 33.8 Å². The van der Waals surface area contributed by atoms with Gasteiger partial charge < -0.3 is 14.6 Å². The van der Waals surface area contributed by atoms with Gasteiger partial charge in [-0.05, 0) is 24.3 Å². The van der Waals surface area contributed by atoms with E-state index >= 15 is 0 Å². The van der Waals surface area contributed by atoms with Gasteiger partial charge in [-0.2, -0.15) is 9.59 Å². The van der Waals surface area contributed by atoms with Crippen molar-refractivity contribution in [1.82, 2.24) is 0 Å². The van der Waals surface area contributed by atoms with Gasteiger partial charge in [-0.25, -0.2) is 14.4 Å². The fourth-order valence-corrected chi connectivity index (χ4v) is 1.74. The number of hydrogen-bond donors (Lipinski definition) is 1. The van der Waals surface area contributed by atoms with E-state index in [2.05, 4.69) is 0 Å². The molecule has 1 atom stereocenters. The largest absolute Gasteiger partial charge is 0.478 e. The Morgan fingerprint density at radius 2 is 1.17 bits per heavy atom. The number of benzene rings is 2. The van der Waals surface area contributed by atoms with Gasteiger partial charge in [-0.15, -0.1) is 0 Å². The van der Waals surface area contributed by atoms with Crippen molar-refractivity contribution < 1.29 is 38.6 Å². The van der Waals surface area contributed by atoms with Crippen LogP contribution in [0, 0.1) is 0 Å². The molecule has 8 nitrogen and oxygen atoms in total. The molecule has 0 saturated carbocycles. The lowest BCUT2D eigenvalue weighted by atomic mass is 10.2. The summed E-state index contributed by atoms with van der Waals surface area (Å²) in [5.41, 5.74) is 0.499. The molecule has 0 amide bonds. The number of carbonyl (C=O) groups is 3. The molecule has 0 aliphatic carbocycles. The molecule has 0 bridgehead atoms. The van der Waals surface area contributed by atoms with Gasteiger partial charge in [-0.1, -0.05) is 64.1 Å². The Morgan fingerprint density at radius 1 is 0.800 bits per heavy atom. The monoisotopic (exact) mass is 418 g/mol. The quantitative estimate of drug-likeness (QED) is 0.705. The van der Waals surface area contributed by atoms with Crippen molar-refractivity contribution in [3.63, 3.8) is 0 Å². The van der Waals surface area contributed by atoms with E-state index < -0.39 is 30.6 Å². The molecule has 1 unspecified atom stereocenters. The number of ether oxygens (including phenoxy) is 2. The molecule has 2 rings (SSSR count). The minimum Gasteiger partial charge on any atom is -0.478 e. The van der Waals surface area contributed by atoms with Crippen LogP contribution in [0.25, 0.3) is 0 Å². The maximum Gasteiger partial charge on any atom is 0.373 e. The summed E-state index contributed by atoms with van der Waals surface area (Å²) in [6, 6.07) is 16.1. The van der Waals surface area contributed by atoms with Gasteiger partial charge in [0.05, 0.1) is 11.1 Å². The van der Waals surface area contributed by atoms with Gasteiger partial charge in [-0.3, -0.25) is 0 Å². The van der Waals surface area contributed by atoms with Crippen molar-refractivity contribution >= 4 is 24.1 Å². The lowest BCUT2D eigenvalue weighted by Gasteiger charge is -2.14. The van der Waals surface area contributed by atoms with Crippen molar-refractivity contribution in [3.8, 4) is 0 Å². The molecule has 0 heterocycles. The number of carboxylic acid groups (broad SMARTS) is 1. The fraction of sp³-hybridized carbons (Fsp3) is 0.273. The molecule has 0 spiro atoms. The molecule has 2 aromatic rings. The van der Waals surface area contributed by atoms with Crippen LogP contribution >= 0.6 is 0 Å². The van der Waals surface area contributed by atoms with Gasteiger partial charge >= 0.3 is 24.1 Å². The Kier molecular flexibility index (Phi) is 17.6. The third-order valence-electron chi connectivity index (χ3n) is 2.91. The summed E-state index contributed by atoms with van der Waals surface area (Å²) < 4.78 is 9.76. The summed E-state index contributed by atoms with van der Waals surface area (Å²) in [5.74, 6) is -2.88. The van der Waals surface area contributed by atoms with E-state index in [1.165, 1.54) is 24.3 Å². The number of carboxylic acids is 1. The van der Waals surface area contributed by atoms with E-state index in [-0.39, 0.29) is 17.3 Å². The molecule has 0 saturated heterocycles. The number of rotatable bonds is 6. The highest BCUT2D eigenvalue weighted by atomic mass is 16.6. The highest BCUT2D eigenvalue weighted by Crippen LogP contribution is 2.07. The van der Waals surface area contributed by atoms with Crippen LogP contribution in [0.5, 0.6) is 0 Å². The molecule has 0 aliphatic rings. The highest BCUT2D eigenvalue weighted by Gasteiger charge is 2.25. The zero-order valence-corrected chi connectivity index (χ0v) is 17.4. The number of carbonyl (C=O) groups excluding carboxylic acids is 4. The van der Waals surface area contributed by atoms with Crippen molar-refractivity contribution in [1.29, 1.82) is 0 Å². The zero-order valence-electron chi connectivity index (χ0n) is 17.4. The summed E-state index contributed by atoms with van der Waals surface area (Å²) >= 11 is 0. The molecule has 162 valence electrons. The van der Waals surface area contributed by atoms with E-state index in [4.69, 9.17) is 24.2 Å². The van der Waals surface area contributed by atoms with Crippen LogP contribution in [0.3, 0.4) is 0 Å². The first kappa shape index (κ1) is 28.4. The van der Waals surface area contributed by atoms with Crippen molar-refractivity contribution in [2.24, 2.45) is 0 Å². The molecule has 0 radical (unpaired) electrons. The van der Waals surface area contributed by atoms with Crippen LogP contribution < -0.4 is 0 Å². The summed E-state index contributed by atoms with van der Waals surface area (Å²) in [6.45, 7) is 7.43. The van der Waals surface area contributed by atoms with E-state index in [1.54, 1.807) is 36.4 Å². The van der Waals surface area contributed by atoms with E-state index in [9.17, 15) is 14.4 Å². The van der Waals surface area contributed by atoms with Crippen LogP contribution in [-0.2, 0) is 23.9 Å². The minimum absolute atomic E-state index is 0.216. The first-order valence-corrected chi connectivity index (χ1v) is 9.20. The number of hydrogen-bond acceptors (Lipinski definition) is 7. The maximum atomic E-state index is 11.8. The molecule has 0 aliphatic heterocycles. The van der Waals surface area contributed by atoms with Crippen LogP contribution in [0.2, 0.25) is 0 Å². The molecule has 2 aromatic carbocycles. The van der Waals surface area contributed by atoms with Gasteiger partial charge in [0.1, 0.15) is 6.61 Å². The fourth-order valence-electron chi connectivity index (χ4n) is 1.74. The van der Waals surface area contributed by atoms with Gasteiger partial charge in [0.25, 0.3) is 0 Å². The lowest BCUT2D eigenvalue weighted by Crippen LogP contribution is -2.32. The van der Waals surface area contributed by atoms with E-state index in [1.807, 2.05) is 27.7 Å². The Morgan fingerprint density at radius 3 is 1.53 bits per heavy atom. The summed E-state index contributed by atoms with van der Waals surface area (Å²) in [6.07, 6.45) is -1.32. The topological polar surface area (TPSA) is 124 Å². The van der Waals surface area contributed by atoms with Gasteiger partial charge in [0.2, 0.25) is 6.10 Å². The Hall–Kier alpha value is -3.77. The molecule has 30 heavy (non-hydrogen) atoms. The predicted octanol–water partition coefficient (Wildman–Crippen LogP) is 3.62. The Balaban J connectivity index is 0. The standard InChI is InChI=1S/C17H14O6.2C2H6.CO2/c18-15(19)14(23-17(21)13-9-5-2-6-10-13)11-22-16(20)12-7-3-1-4-8-12;2*1-2;2-1-3/h1-10,14H,11H2,(H,18,19);2*1-2H3;. The SMILES string of the molecule is CC.CC.O=C(OCC(OC(=O)c1ccccc1)C(=O)O)c1ccccc1.O=C=O. The lowest BCUT2D eigenvalue weighted by molar-refractivity contribution is -0.191. The maximum absolute atomic E-state index is 11.8. The molecule has 8 heteroatoms. The highest BCUT2D eigenvalue weighted by molar-refractivity contribution is 5.92. The molecular weight excluding hydrogens is 392 g/mol. The molecule has 0 fully saturated rings. The van der Waals surface area contributed by atoms with E-state index in [0.717, 1.165) is 0 Å². The minimum atomic E-state index is -1.57. The van der Waals surface area contributed by atoms with E-state index in [0.29, 0.717) is 0 Å². The van der Waals surface area contributed by atoms with Crippen LogP contribution in [0.15, 0.2) is 60.7 Å². The predicted molar refractivity (Wildman–Crippen MR) is 108 cm³/mol. The van der Waals surface area contributed by atoms with Crippen LogP contribution in [0.4, 0.5) is 0 Å². The third-order valence-corrected chi connectivity index (χ3v) is 2.91. The normalized spacial score (nSPS) is 9.33. The smallest absolute Gasteiger partial charge is 0.373 e. The van der Waals surface area contributed by atoms with Gasteiger partial charge in [0.15, 0.2) is 0 Å². The summed E-state index contributed by atoms with van der Waals surface area (Å²) in [5, 5.41) is 9.08. The van der Waals surface area contributed by atoms with Crippen LogP contribution in [0.1, 0.15) is 48.4 Å². The van der Waals surface area contributed by atoms with Crippen LogP contribution in [-0.4, -0.2) is 41.9 Å². The number of aliphatic carboxylic acids is 1. The molecular formula is C22H26O8. The second-order valence-corrected chi connectivity index (χ2v) is 4.65. The second-order valence-electron chi connectivity index (χ2n) is 4.65. The first-order valence-electron chi connectivity index (χ1n) is 9.20.